The molecule has 2 aromatic rings. The van der Waals surface area contributed by atoms with Crippen molar-refractivity contribution in [2.75, 3.05) is 0 Å². The number of nitrogens with one attached hydrogen (secondary N) is 1. The Morgan fingerprint density at radius 3 is 2.62 bits per heavy atom. The van der Waals surface area contributed by atoms with Crippen LogP contribution in [0.3, 0.4) is 0 Å². The lowest BCUT2D eigenvalue weighted by molar-refractivity contribution is 0.249. The number of aromatic nitrogens is 2. The Labute approximate surface area is 123 Å². The number of nitrogens with zero attached hydrogens (tertiary/aromatic N) is 3. The summed E-state index contributed by atoms with van der Waals surface area (Å²) in [5.74, 6) is 0. The van der Waals surface area contributed by atoms with Gasteiger partial charge in [0.15, 0.2) is 0 Å². The van der Waals surface area contributed by atoms with E-state index >= 15 is 0 Å². The number of nitrogens with two attached hydrogens (primary N) is 1. The normalized spacial score (nSPS) is 11.0. The highest BCUT2D eigenvalue weighted by Crippen LogP contribution is 2.13. The zero-order valence-electron chi connectivity index (χ0n) is 12.4. The molecule has 0 saturated heterocycles. The molecule has 0 unspecified atom stereocenters. The van der Waals surface area contributed by atoms with Crippen molar-refractivity contribution in [2.24, 2.45) is 10.8 Å². The maximum atomic E-state index is 10.6. The van der Waals surface area contributed by atoms with Crippen molar-refractivity contribution in [2.45, 2.75) is 27.3 Å². The highest BCUT2D eigenvalue weighted by atomic mass is 16.2. The third kappa shape index (κ3) is 3.68. The lowest BCUT2D eigenvalue weighted by Gasteiger charge is -2.05. The molecule has 6 heteroatoms. The number of hydrogen-bond donors (Lipinski definition) is 2. The molecule has 0 atom stereocenters. The molecule has 0 aliphatic heterocycles. The summed E-state index contributed by atoms with van der Waals surface area (Å²) in [4.78, 5) is 10.6. The second-order valence-electron chi connectivity index (χ2n) is 4.96. The average Bonchev–Trinajstić information content (AvgIpc) is 2.68. The molecular weight excluding hydrogens is 266 g/mol. The predicted octanol–water partition coefficient (Wildman–Crippen LogP) is 1.86. The Bertz CT molecular complexity index is 670. The van der Waals surface area contributed by atoms with Gasteiger partial charge in [-0.3, -0.25) is 4.68 Å². The molecule has 21 heavy (non-hydrogen) atoms. The largest absolute Gasteiger partial charge is 0.350 e. The summed E-state index contributed by atoms with van der Waals surface area (Å²) >= 11 is 0. The summed E-state index contributed by atoms with van der Waals surface area (Å²) in [5.41, 5.74) is 12.3. The maximum absolute atomic E-state index is 10.6. The van der Waals surface area contributed by atoms with E-state index < -0.39 is 6.03 Å². The standard InChI is InChI=1S/C15H19N5O/c1-10-4-6-13(7-5-10)9-20-12(3)14(11(2)19-20)8-17-18-15(16)21/h4-8H,9H2,1-3H3,(H3,16,18,21). The van der Waals surface area contributed by atoms with E-state index in [1.165, 1.54) is 11.1 Å². The van der Waals surface area contributed by atoms with Crippen LogP contribution in [0.4, 0.5) is 4.79 Å². The third-order valence-corrected chi connectivity index (χ3v) is 3.26. The van der Waals surface area contributed by atoms with Crippen LogP contribution in [0.15, 0.2) is 29.4 Å². The lowest BCUT2D eigenvalue weighted by atomic mass is 10.1. The van der Waals surface area contributed by atoms with Crippen molar-refractivity contribution in [3.8, 4) is 0 Å². The molecule has 0 fully saturated rings. The minimum absolute atomic E-state index is 0.686. The molecule has 3 N–H and O–H groups in total. The first-order valence-corrected chi connectivity index (χ1v) is 6.65. The fraction of sp³-hybridized carbons (Fsp3) is 0.267. The van der Waals surface area contributed by atoms with Gasteiger partial charge in [0.25, 0.3) is 0 Å². The van der Waals surface area contributed by atoms with E-state index in [2.05, 4.69) is 46.8 Å². The van der Waals surface area contributed by atoms with Crippen LogP contribution in [0.5, 0.6) is 0 Å². The first-order chi connectivity index (χ1) is 9.97. The van der Waals surface area contributed by atoms with Gasteiger partial charge in [0.1, 0.15) is 0 Å². The number of carbonyl (C=O) groups is 1. The second-order valence-corrected chi connectivity index (χ2v) is 4.96. The number of amides is 2. The fourth-order valence-electron chi connectivity index (χ4n) is 2.08. The zero-order chi connectivity index (χ0) is 15.4. The Hall–Kier alpha value is -2.63. The van der Waals surface area contributed by atoms with Crippen LogP contribution in [0.1, 0.15) is 28.1 Å². The van der Waals surface area contributed by atoms with Gasteiger partial charge >= 0.3 is 6.03 Å². The molecule has 0 aliphatic rings. The number of hydrogen-bond acceptors (Lipinski definition) is 3. The number of urea groups is 1. The lowest BCUT2D eigenvalue weighted by Crippen LogP contribution is -2.24. The van der Waals surface area contributed by atoms with Crippen molar-refractivity contribution >= 4 is 12.2 Å². The van der Waals surface area contributed by atoms with Crippen molar-refractivity contribution in [3.63, 3.8) is 0 Å². The Balaban J connectivity index is 2.20. The summed E-state index contributed by atoms with van der Waals surface area (Å²) in [6.45, 7) is 6.64. The highest BCUT2D eigenvalue weighted by Gasteiger charge is 2.10. The van der Waals surface area contributed by atoms with E-state index in [1.54, 1.807) is 6.21 Å². The van der Waals surface area contributed by atoms with Gasteiger partial charge < -0.3 is 5.73 Å². The van der Waals surface area contributed by atoms with Crippen molar-refractivity contribution in [1.29, 1.82) is 0 Å². The Morgan fingerprint density at radius 2 is 2.00 bits per heavy atom. The summed E-state index contributed by atoms with van der Waals surface area (Å²) in [6, 6.07) is 7.66. The van der Waals surface area contributed by atoms with Crippen LogP contribution in [-0.4, -0.2) is 22.0 Å². The van der Waals surface area contributed by atoms with Crippen LogP contribution in [0.2, 0.25) is 0 Å². The van der Waals surface area contributed by atoms with Gasteiger partial charge in [0.2, 0.25) is 0 Å². The van der Waals surface area contributed by atoms with Gasteiger partial charge in [0.05, 0.1) is 18.5 Å². The topological polar surface area (TPSA) is 85.3 Å². The summed E-state index contributed by atoms with van der Waals surface area (Å²) in [5, 5.41) is 8.30. The van der Waals surface area contributed by atoms with Gasteiger partial charge in [-0.05, 0) is 26.3 Å². The molecule has 2 amide bonds. The molecule has 1 heterocycles. The predicted molar refractivity (Wildman–Crippen MR) is 82.3 cm³/mol. The molecule has 110 valence electrons. The van der Waals surface area contributed by atoms with Crippen molar-refractivity contribution in [1.82, 2.24) is 15.2 Å². The first kappa shape index (κ1) is 14.8. The van der Waals surface area contributed by atoms with E-state index in [1.807, 2.05) is 18.5 Å². The van der Waals surface area contributed by atoms with Gasteiger partial charge in [-0.25, -0.2) is 10.2 Å². The zero-order valence-corrected chi connectivity index (χ0v) is 12.4. The van der Waals surface area contributed by atoms with Crippen molar-refractivity contribution in [3.05, 3.63) is 52.3 Å². The molecule has 0 spiro atoms. The summed E-state index contributed by atoms with van der Waals surface area (Å²) in [6.07, 6.45) is 1.56. The fourth-order valence-corrected chi connectivity index (χ4v) is 2.08. The summed E-state index contributed by atoms with van der Waals surface area (Å²) in [7, 11) is 0. The first-order valence-electron chi connectivity index (χ1n) is 6.65. The van der Waals surface area contributed by atoms with Crippen molar-refractivity contribution < 1.29 is 4.79 Å². The monoisotopic (exact) mass is 285 g/mol. The third-order valence-electron chi connectivity index (χ3n) is 3.26. The van der Waals surface area contributed by atoms with Crippen LogP contribution in [-0.2, 0) is 6.54 Å². The highest BCUT2D eigenvalue weighted by molar-refractivity contribution is 5.83. The number of hydrazone groups is 1. The number of rotatable bonds is 4. The molecule has 0 saturated carbocycles. The van der Waals surface area contributed by atoms with Gasteiger partial charge in [0, 0.05) is 11.3 Å². The van der Waals surface area contributed by atoms with E-state index in [9.17, 15) is 4.79 Å². The molecular formula is C15H19N5O. The molecule has 2 rings (SSSR count). The SMILES string of the molecule is Cc1ccc(Cn2nc(C)c(C=NNC(N)=O)c2C)cc1. The maximum Gasteiger partial charge on any atom is 0.332 e. The number of carbonyl (C=O) groups excluding carboxylic acids is 1. The minimum Gasteiger partial charge on any atom is -0.350 e. The van der Waals surface area contributed by atoms with Crippen LogP contribution in [0, 0.1) is 20.8 Å². The molecule has 0 bridgehead atoms. The number of benzene rings is 1. The number of aryl methyl sites for hydroxylation is 2. The molecule has 6 nitrogen and oxygen atoms in total. The minimum atomic E-state index is -0.686. The molecule has 1 aromatic heterocycles. The smallest absolute Gasteiger partial charge is 0.332 e. The van der Waals surface area contributed by atoms with E-state index in [0.29, 0.717) is 6.54 Å². The van der Waals surface area contributed by atoms with Gasteiger partial charge in [-0.1, -0.05) is 29.8 Å². The molecule has 0 radical (unpaired) electrons. The van der Waals surface area contributed by atoms with Crippen LogP contribution in [0.25, 0.3) is 0 Å². The Kier molecular flexibility index (Phi) is 4.37. The second kappa shape index (κ2) is 6.21. The van der Waals surface area contributed by atoms with E-state index in [-0.39, 0.29) is 0 Å². The number of primary amides is 1. The van der Waals surface area contributed by atoms with E-state index in [0.717, 1.165) is 17.0 Å². The van der Waals surface area contributed by atoms with Crippen LogP contribution < -0.4 is 11.2 Å². The van der Waals surface area contributed by atoms with Crippen LogP contribution >= 0.6 is 0 Å². The Morgan fingerprint density at radius 1 is 1.33 bits per heavy atom. The van der Waals surface area contributed by atoms with E-state index in [4.69, 9.17) is 5.73 Å². The average molecular weight is 285 g/mol. The molecule has 1 aromatic carbocycles. The van der Waals surface area contributed by atoms with Gasteiger partial charge in [-0.2, -0.15) is 10.2 Å². The van der Waals surface area contributed by atoms with Gasteiger partial charge in [-0.15, -0.1) is 0 Å². The molecule has 0 aliphatic carbocycles. The quantitative estimate of drug-likeness (QED) is 0.663. The summed E-state index contributed by atoms with van der Waals surface area (Å²) < 4.78 is 1.92.